The van der Waals surface area contributed by atoms with E-state index >= 15 is 0 Å². The average molecular weight is 303 g/mol. The number of carbonyl (C=O) groups is 2. The summed E-state index contributed by atoms with van der Waals surface area (Å²) in [5.41, 5.74) is 0.419. The summed E-state index contributed by atoms with van der Waals surface area (Å²) >= 11 is -0.608. The molecule has 0 atom stereocenters. The molecule has 1 rings (SSSR count). The zero-order valence-corrected chi connectivity index (χ0v) is 11.1. The first-order valence-corrected chi connectivity index (χ1v) is 6.75. The van der Waals surface area contributed by atoms with Crippen molar-refractivity contribution in [3.63, 3.8) is 0 Å². The van der Waals surface area contributed by atoms with E-state index in [0.29, 0.717) is 17.1 Å². The van der Waals surface area contributed by atoms with E-state index in [2.05, 4.69) is 0 Å². The normalized spacial score (nSPS) is 9.76. The van der Waals surface area contributed by atoms with Gasteiger partial charge >= 0.3 is 105 Å². The summed E-state index contributed by atoms with van der Waals surface area (Å²) in [4.78, 5) is 22.1. The van der Waals surface area contributed by atoms with Crippen molar-refractivity contribution in [2.24, 2.45) is 0 Å². The van der Waals surface area contributed by atoms with Gasteiger partial charge in [-0.1, -0.05) is 0 Å². The number of rotatable bonds is 6. The van der Waals surface area contributed by atoms with Gasteiger partial charge in [0.25, 0.3) is 0 Å². The van der Waals surface area contributed by atoms with Crippen LogP contribution in [0, 0.1) is 0 Å². The summed E-state index contributed by atoms with van der Waals surface area (Å²) in [5, 5.41) is 8.41. The zero-order valence-electron chi connectivity index (χ0n) is 9.43. The van der Waals surface area contributed by atoms with E-state index in [1.807, 2.05) is 0 Å². The Labute approximate surface area is 105 Å². The molecule has 0 bridgehead atoms. The molecular weight excluding hydrogens is 291 g/mol. The van der Waals surface area contributed by atoms with Crippen LogP contribution >= 0.6 is 0 Å². The molecule has 0 spiro atoms. The fraction of sp³-hybridized carbons (Fsp3) is 0.273. The van der Waals surface area contributed by atoms with E-state index < -0.39 is 20.9 Å². The van der Waals surface area contributed by atoms with Gasteiger partial charge in [-0.25, -0.2) is 0 Å². The topological polar surface area (TPSA) is 72.8 Å². The van der Waals surface area contributed by atoms with E-state index in [1.165, 1.54) is 14.2 Å². The second kappa shape index (κ2) is 6.27. The molecule has 0 saturated heterocycles. The zero-order chi connectivity index (χ0) is 12.8. The number of carboxylic acid groups (broad SMARTS) is 1. The summed E-state index contributed by atoms with van der Waals surface area (Å²) < 4.78 is 9.88. The minimum absolute atomic E-state index is 0.120. The van der Waals surface area contributed by atoms with E-state index in [4.69, 9.17) is 14.6 Å². The van der Waals surface area contributed by atoms with Crippen LogP contribution in [0.5, 0.6) is 11.5 Å². The summed E-state index contributed by atoms with van der Waals surface area (Å²) in [6, 6.07) is 4.81. The van der Waals surface area contributed by atoms with E-state index in [-0.39, 0.29) is 10.0 Å². The van der Waals surface area contributed by atoms with Gasteiger partial charge in [0, 0.05) is 0 Å². The third-order valence-corrected chi connectivity index (χ3v) is 3.78. The van der Waals surface area contributed by atoms with E-state index in [1.54, 1.807) is 18.2 Å². The van der Waals surface area contributed by atoms with Crippen molar-refractivity contribution >= 4 is 25.6 Å². The third kappa shape index (κ3) is 4.09. The van der Waals surface area contributed by atoms with Crippen LogP contribution in [0.2, 0.25) is 5.32 Å². The molecule has 0 fully saturated rings. The summed E-state index contributed by atoms with van der Waals surface area (Å²) in [5.74, 6) is 0.0610. The van der Waals surface area contributed by atoms with Gasteiger partial charge in [0.15, 0.2) is 0 Å². The second-order valence-corrected chi connectivity index (χ2v) is 5.06. The summed E-state index contributed by atoms with van der Waals surface area (Å²) in [7, 11) is 2.98. The Balaban J connectivity index is 2.88. The maximum atomic E-state index is 11.7. The predicted octanol–water partition coefficient (Wildman–Crippen LogP) is 1.05. The third-order valence-electron chi connectivity index (χ3n) is 1.91. The molecule has 1 aromatic rings. The number of carboxylic acids is 1. The van der Waals surface area contributed by atoms with Crippen molar-refractivity contribution in [2.45, 2.75) is 5.32 Å². The van der Waals surface area contributed by atoms with Crippen LogP contribution in [0.3, 0.4) is 0 Å². The molecule has 0 heterocycles. The van der Waals surface area contributed by atoms with Crippen LogP contribution in [0.4, 0.5) is 0 Å². The Morgan fingerprint density at radius 1 is 1.18 bits per heavy atom. The molecule has 5 nitrogen and oxygen atoms in total. The molecule has 0 aliphatic carbocycles. The molecule has 1 N–H and O–H groups in total. The molecule has 92 valence electrons. The first-order chi connectivity index (χ1) is 8.06. The van der Waals surface area contributed by atoms with Gasteiger partial charge in [0.05, 0.1) is 0 Å². The molecule has 0 radical (unpaired) electrons. The predicted molar refractivity (Wildman–Crippen MR) is 62.1 cm³/mol. The van der Waals surface area contributed by atoms with Crippen LogP contribution < -0.4 is 9.47 Å². The molecule has 1 aromatic carbocycles. The van der Waals surface area contributed by atoms with Gasteiger partial charge in [0.1, 0.15) is 0 Å². The molecule has 0 amide bonds. The molecular formula is C11H12O5Se. The quantitative estimate of drug-likeness (QED) is 0.795. The van der Waals surface area contributed by atoms with E-state index in [0.717, 1.165) is 0 Å². The van der Waals surface area contributed by atoms with Crippen molar-refractivity contribution in [3.8, 4) is 11.5 Å². The maximum absolute atomic E-state index is 11.7. The van der Waals surface area contributed by atoms with Crippen molar-refractivity contribution < 1.29 is 24.2 Å². The standard InChI is InChI=1S/C11H12O5Se/c1-15-8-3-7(4-9(5-8)16-2)11(14)17-6-10(12)13/h3-5H,6H2,1-2H3,(H,12,13). The van der Waals surface area contributed by atoms with Crippen molar-refractivity contribution in [3.05, 3.63) is 23.8 Å². The molecule has 17 heavy (non-hydrogen) atoms. The number of methoxy groups -OCH3 is 2. The van der Waals surface area contributed by atoms with Crippen molar-refractivity contribution in [2.75, 3.05) is 14.2 Å². The first-order valence-electron chi connectivity index (χ1n) is 4.69. The monoisotopic (exact) mass is 304 g/mol. The van der Waals surface area contributed by atoms with Crippen LogP contribution in [0.1, 0.15) is 10.4 Å². The Kier molecular flexibility index (Phi) is 5.00. The molecule has 0 aromatic heterocycles. The number of ether oxygens (including phenoxy) is 2. The number of hydrogen-bond donors (Lipinski definition) is 1. The van der Waals surface area contributed by atoms with Crippen LogP contribution in [-0.2, 0) is 4.79 Å². The van der Waals surface area contributed by atoms with Crippen molar-refractivity contribution in [1.82, 2.24) is 0 Å². The molecule has 0 aliphatic heterocycles. The number of carbonyl (C=O) groups excluding carboxylic acids is 1. The molecule has 0 aliphatic rings. The van der Waals surface area contributed by atoms with Crippen LogP contribution in [0.15, 0.2) is 18.2 Å². The summed E-state index contributed by atoms with van der Waals surface area (Å²) in [6.07, 6.45) is 0. The molecule has 6 heteroatoms. The van der Waals surface area contributed by atoms with Gasteiger partial charge in [0.2, 0.25) is 0 Å². The minimum atomic E-state index is -0.965. The SMILES string of the molecule is COc1cc(OC)cc(C(=O)[Se]CC(=O)O)c1. The fourth-order valence-electron chi connectivity index (χ4n) is 1.14. The Morgan fingerprint density at radius 2 is 1.71 bits per heavy atom. The van der Waals surface area contributed by atoms with Gasteiger partial charge in [-0.05, 0) is 0 Å². The Hall–Kier alpha value is -1.52. The second-order valence-electron chi connectivity index (χ2n) is 3.07. The Bertz CT molecular complexity index is 408. The van der Waals surface area contributed by atoms with Crippen LogP contribution in [0.25, 0.3) is 0 Å². The Morgan fingerprint density at radius 3 is 2.12 bits per heavy atom. The van der Waals surface area contributed by atoms with Gasteiger partial charge in [-0.3, -0.25) is 0 Å². The number of hydrogen-bond acceptors (Lipinski definition) is 4. The average Bonchev–Trinajstić information content (AvgIpc) is 2.34. The fourth-order valence-corrected chi connectivity index (χ4v) is 2.27. The molecule has 0 saturated carbocycles. The van der Waals surface area contributed by atoms with Crippen molar-refractivity contribution in [1.29, 1.82) is 0 Å². The summed E-state index contributed by atoms with van der Waals surface area (Å²) in [6.45, 7) is 0. The van der Waals surface area contributed by atoms with Gasteiger partial charge < -0.3 is 0 Å². The number of aliphatic carboxylic acids is 1. The van der Waals surface area contributed by atoms with E-state index in [9.17, 15) is 9.59 Å². The first kappa shape index (κ1) is 13.5. The van der Waals surface area contributed by atoms with Gasteiger partial charge in [-0.15, -0.1) is 0 Å². The molecule has 0 unspecified atom stereocenters. The number of benzene rings is 1. The van der Waals surface area contributed by atoms with Gasteiger partial charge in [-0.2, -0.15) is 0 Å². The van der Waals surface area contributed by atoms with Crippen LogP contribution in [-0.4, -0.2) is 44.9 Å².